The molecule has 0 unspecified atom stereocenters. The van der Waals surface area contributed by atoms with Crippen LogP contribution in [-0.2, 0) is 16.0 Å². The molecule has 1 aromatic rings. The Labute approximate surface area is 129 Å². The highest BCUT2D eigenvalue weighted by Crippen LogP contribution is 2.04. The molecular formula is C14H21ClFN3O2. The van der Waals surface area contributed by atoms with Gasteiger partial charge in [-0.15, -0.1) is 12.4 Å². The Balaban J connectivity index is 0.00000400. The molecule has 0 aromatic heterocycles. The maximum Gasteiger partial charge on any atom is 0.239 e. The van der Waals surface area contributed by atoms with Gasteiger partial charge in [-0.25, -0.2) is 4.39 Å². The maximum absolute atomic E-state index is 12.9. The molecule has 0 aliphatic rings. The van der Waals surface area contributed by atoms with E-state index in [9.17, 15) is 14.0 Å². The molecule has 0 atom stereocenters. The number of hydrogen-bond acceptors (Lipinski definition) is 3. The average molecular weight is 318 g/mol. The monoisotopic (exact) mass is 317 g/mol. The first-order chi connectivity index (χ1) is 9.32. The third kappa shape index (κ3) is 7.63. The molecule has 0 radical (unpaired) electrons. The van der Waals surface area contributed by atoms with Gasteiger partial charge >= 0.3 is 0 Å². The van der Waals surface area contributed by atoms with Crippen LogP contribution in [0, 0.1) is 5.82 Å². The molecule has 0 saturated carbocycles. The topological polar surface area (TPSA) is 84.2 Å². The summed E-state index contributed by atoms with van der Waals surface area (Å²) in [5, 5.41) is 5.18. The summed E-state index contributed by atoms with van der Waals surface area (Å²) in [6.07, 6.45) is 0.0331. The van der Waals surface area contributed by atoms with Crippen molar-refractivity contribution in [2.45, 2.75) is 25.8 Å². The lowest BCUT2D eigenvalue weighted by Crippen LogP contribution is -2.51. The van der Waals surface area contributed by atoms with Gasteiger partial charge in [0.25, 0.3) is 0 Å². The second-order valence-corrected chi connectivity index (χ2v) is 5.22. The quantitative estimate of drug-likeness (QED) is 0.724. The van der Waals surface area contributed by atoms with Crippen LogP contribution in [0.3, 0.4) is 0 Å². The Morgan fingerprint density at radius 1 is 1.29 bits per heavy atom. The van der Waals surface area contributed by atoms with Gasteiger partial charge in [0.15, 0.2) is 0 Å². The maximum atomic E-state index is 12.9. The predicted octanol–water partition coefficient (Wildman–Crippen LogP) is 0.760. The first-order valence-corrected chi connectivity index (χ1v) is 6.34. The Kier molecular flexibility index (Phi) is 7.91. The molecule has 5 nitrogen and oxygen atoms in total. The second-order valence-electron chi connectivity index (χ2n) is 5.22. The number of amides is 2. The molecule has 1 rings (SSSR count). The van der Waals surface area contributed by atoms with E-state index in [0.29, 0.717) is 12.1 Å². The van der Waals surface area contributed by atoms with Crippen LogP contribution < -0.4 is 16.4 Å². The number of carbonyl (C=O) groups is 2. The van der Waals surface area contributed by atoms with Crippen LogP contribution >= 0.6 is 12.4 Å². The van der Waals surface area contributed by atoms with E-state index < -0.39 is 11.4 Å². The van der Waals surface area contributed by atoms with Crippen molar-refractivity contribution in [1.29, 1.82) is 0 Å². The average Bonchev–Trinajstić information content (AvgIpc) is 2.36. The first kappa shape index (κ1) is 19.3. The van der Waals surface area contributed by atoms with Crippen LogP contribution in [0.5, 0.6) is 0 Å². The van der Waals surface area contributed by atoms with Gasteiger partial charge in [0, 0.05) is 12.1 Å². The first-order valence-electron chi connectivity index (χ1n) is 6.34. The molecule has 0 aliphatic carbocycles. The zero-order valence-corrected chi connectivity index (χ0v) is 12.9. The lowest BCUT2D eigenvalue weighted by molar-refractivity contribution is -0.126. The number of rotatable bonds is 6. The van der Waals surface area contributed by atoms with Gasteiger partial charge in [-0.2, -0.15) is 0 Å². The fourth-order valence-corrected chi connectivity index (χ4v) is 1.55. The smallest absolute Gasteiger partial charge is 0.239 e. The van der Waals surface area contributed by atoms with Crippen LogP contribution in [0.1, 0.15) is 19.4 Å². The van der Waals surface area contributed by atoms with E-state index in [0.717, 1.165) is 0 Å². The molecule has 0 fully saturated rings. The van der Waals surface area contributed by atoms with E-state index >= 15 is 0 Å². The molecule has 0 bridgehead atoms. The number of carbonyl (C=O) groups excluding carboxylic acids is 2. The predicted molar refractivity (Wildman–Crippen MR) is 81.6 cm³/mol. The number of halogens is 2. The van der Waals surface area contributed by atoms with Gasteiger partial charge in [-0.1, -0.05) is 12.1 Å². The van der Waals surface area contributed by atoms with Crippen LogP contribution in [0.4, 0.5) is 4.39 Å². The van der Waals surface area contributed by atoms with Crippen molar-refractivity contribution in [3.8, 4) is 0 Å². The molecule has 0 heterocycles. The summed E-state index contributed by atoms with van der Waals surface area (Å²) in [4.78, 5) is 23.2. The van der Waals surface area contributed by atoms with Gasteiger partial charge in [0.05, 0.1) is 13.0 Å². The van der Waals surface area contributed by atoms with E-state index in [1.54, 1.807) is 19.9 Å². The van der Waals surface area contributed by atoms with E-state index in [4.69, 9.17) is 5.73 Å². The third-order valence-electron chi connectivity index (χ3n) is 2.69. The minimum absolute atomic E-state index is 0. The molecule has 0 spiro atoms. The number of benzene rings is 1. The molecule has 0 aliphatic heterocycles. The van der Waals surface area contributed by atoms with Crippen molar-refractivity contribution in [3.63, 3.8) is 0 Å². The normalized spacial score (nSPS) is 10.5. The van der Waals surface area contributed by atoms with Gasteiger partial charge in [-0.05, 0) is 31.5 Å². The van der Waals surface area contributed by atoms with Crippen molar-refractivity contribution >= 4 is 24.2 Å². The molecule has 118 valence electrons. The van der Waals surface area contributed by atoms with Gasteiger partial charge in [0.1, 0.15) is 5.82 Å². The molecule has 0 saturated heterocycles. The van der Waals surface area contributed by atoms with Crippen LogP contribution in [0.15, 0.2) is 24.3 Å². The fourth-order valence-electron chi connectivity index (χ4n) is 1.55. The molecule has 2 amide bonds. The summed E-state index contributed by atoms with van der Waals surface area (Å²) in [5.74, 6) is -1.04. The zero-order chi connectivity index (χ0) is 15.2. The zero-order valence-electron chi connectivity index (χ0n) is 12.1. The standard InChI is InChI=1S/C14H20FN3O2.ClH/c1-14(2,9-16)18-13(20)8-17-12(19)7-10-4-3-5-11(15)6-10;/h3-6H,7-9,16H2,1-2H3,(H,17,19)(H,18,20);1H. The van der Waals surface area contributed by atoms with Crippen molar-refractivity contribution in [1.82, 2.24) is 10.6 Å². The van der Waals surface area contributed by atoms with E-state index in [1.165, 1.54) is 18.2 Å². The second kappa shape index (κ2) is 8.59. The van der Waals surface area contributed by atoms with Crippen LogP contribution in [-0.4, -0.2) is 30.4 Å². The van der Waals surface area contributed by atoms with E-state index in [-0.39, 0.29) is 37.2 Å². The molecule has 7 heteroatoms. The van der Waals surface area contributed by atoms with Gasteiger partial charge in [0.2, 0.25) is 11.8 Å². The summed E-state index contributed by atoms with van der Waals surface area (Å²) in [5.41, 5.74) is 5.54. The lowest BCUT2D eigenvalue weighted by atomic mass is 10.1. The van der Waals surface area contributed by atoms with Crippen molar-refractivity contribution in [2.75, 3.05) is 13.1 Å². The number of nitrogens with two attached hydrogens (primary N) is 1. The van der Waals surface area contributed by atoms with Crippen molar-refractivity contribution in [3.05, 3.63) is 35.6 Å². The summed E-state index contributed by atoms with van der Waals surface area (Å²) in [6, 6.07) is 5.79. The Morgan fingerprint density at radius 2 is 1.95 bits per heavy atom. The van der Waals surface area contributed by atoms with E-state index in [2.05, 4.69) is 10.6 Å². The molecule has 4 N–H and O–H groups in total. The summed E-state index contributed by atoms with van der Waals surface area (Å²) < 4.78 is 12.9. The number of hydrogen-bond donors (Lipinski definition) is 3. The largest absolute Gasteiger partial charge is 0.348 e. The highest BCUT2D eigenvalue weighted by atomic mass is 35.5. The summed E-state index contributed by atoms with van der Waals surface area (Å²) >= 11 is 0. The third-order valence-corrected chi connectivity index (χ3v) is 2.69. The minimum atomic E-state index is -0.510. The van der Waals surface area contributed by atoms with Crippen molar-refractivity contribution in [2.24, 2.45) is 5.73 Å². The Hall–Kier alpha value is -1.66. The van der Waals surface area contributed by atoms with Crippen LogP contribution in [0.25, 0.3) is 0 Å². The minimum Gasteiger partial charge on any atom is -0.348 e. The molecule has 21 heavy (non-hydrogen) atoms. The summed E-state index contributed by atoms with van der Waals surface area (Å²) in [6.45, 7) is 3.76. The van der Waals surface area contributed by atoms with Crippen molar-refractivity contribution < 1.29 is 14.0 Å². The van der Waals surface area contributed by atoms with E-state index in [1.807, 2.05) is 0 Å². The fraction of sp³-hybridized carbons (Fsp3) is 0.429. The Morgan fingerprint density at radius 3 is 2.52 bits per heavy atom. The highest BCUT2D eigenvalue weighted by molar-refractivity contribution is 5.86. The van der Waals surface area contributed by atoms with Crippen LogP contribution in [0.2, 0.25) is 0 Å². The molecule has 1 aromatic carbocycles. The lowest BCUT2D eigenvalue weighted by Gasteiger charge is -2.24. The SMILES string of the molecule is CC(C)(CN)NC(=O)CNC(=O)Cc1cccc(F)c1.Cl. The van der Waals surface area contributed by atoms with Gasteiger partial charge < -0.3 is 16.4 Å². The molecular weight excluding hydrogens is 297 g/mol. The van der Waals surface area contributed by atoms with Gasteiger partial charge in [-0.3, -0.25) is 9.59 Å². The highest BCUT2D eigenvalue weighted by Gasteiger charge is 2.18. The Bertz CT molecular complexity index is 495. The summed E-state index contributed by atoms with van der Waals surface area (Å²) in [7, 11) is 0. The number of nitrogens with one attached hydrogen (secondary N) is 2.